The van der Waals surface area contributed by atoms with Crippen molar-refractivity contribution in [2.45, 2.75) is 6.54 Å². The van der Waals surface area contributed by atoms with E-state index in [4.69, 9.17) is 10.7 Å². The van der Waals surface area contributed by atoms with Gasteiger partial charge in [-0.2, -0.15) is 0 Å². The largest absolute Gasteiger partial charge is 0.398 e. The standard InChI is InChI=1S/C20H20N4/c1-23(2)13-18-20(22-19-10-9-17(21)12-24(18)19)16-8-7-14-5-3-4-6-15(14)11-16/h3-12H,13,21H2,1-2H3. The number of rotatable bonds is 3. The van der Waals surface area contributed by atoms with Crippen LogP contribution in [0.1, 0.15) is 5.69 Å². The summed E-state index contributed by atoms with van der Waals surface area (Å²) in [4.78, 5) is 7.01. The maximum absolute atomic E-state index is 5.98. The van der Waals surface area contributed by atoms with E-state index in [-0.39, 0.29) is 0 Å². The molecule has 0 saturated carbocycles. The number of nitrogen functional groups attached to an aromatic ring is 1. The van der Waals surface area contributed by atoms with E-state index in [0.29, 0.717) is 0 Å². The van der Waals surface area contributed by atoms with Gasteiger partial charge in [0.1, 0.15) is 5.65 Å². The number of aromatic nitrogens is 2. The lowest BCUT2D eigenvalue weighted by molar-refractivity contribution is 0.396. The molecule has 120 valence electrons. The van der Waals surface area contributed by atoms with Crippen molar-refractivity contribution >= 4 is 22.1 Å². The molecule has 0 aliphatic heterocycles. The van der Waals surface area contributed by atoms with Gasteiger partial charge in [-0.25, -0.2) is 4.98 Å². The van der Waals surface area contributed by atoms with Crippen LogP contribution in [0.5, 0.6) is 0 Å². The summed E-state index contributed by atoms with van der Waals surface area (Å²) in [6.45, 7) is 0.798. The van der Waals surface area contributed by atoms with Gasteiger partial charge in [0.05, 0.1) is 11.4 Å². The highest BCUT2D eigenvalue weighted by Gasteiger charge is 2.15. The van der Waals surface area contributed by atoms with Crippen LogP contribution in [0.2, 0.25) is 0 Å². The molecule has 0 amide bonds. The monoisotopic (exact) mass is 316 g/mol. The molecule has 0 saturated heterocycles. The molecular formula is C20H20N4. The highest BCUT2D eigenvalue weighted by atomic mass is 15.1. The van der Waals surface area contributed by atoms with E-state index in [1.54, 1.807) is 0 Å². The average Bonchev–Trinajstić information content (AvgIpc) is 2.92. The fraction of sp³-hybridized carbons (Fsp3) is 0.150. The number of nitrogens with zero attached hydrogens (tertiary/aromatic N) is 3. The Labute approximate surface area is 141 Å². The molecule has 4 rings (SSSR count). The van der Waals surface area contributed by atoms with Crippen molar-refractivity contribution in [3.8, 4) is 11.3 Å². The Kier molecular flexibility index (Phi) is 3.47. The Bertz CT molecular complexity index is 1030. The molecule has 0 unspecified atom stereocenters. The highest BCUT2D eigenvalue weighted by molar-refractivity contribution is 5.87. The number of fused-ring (bicyclic) bond motifs is 2. The molecule has 0 aliphatic rings. The maximum Gasteiger partial charge on any atom is 0.137 e. The minimum Gasteiger partial charge on any atom is -0.398 e. The minimum absolute atomic E-state index is 0.741. The summed E-state index contributed by atoms with van der Waals surface area (Å²) in [6, 6.07) is 18.8. The molecule has 2 aromatic heterocycles. The van der Waals surface area contributed by atoms with Crippen molar-refractivity contribution in [2.24, 2.45) is 0 Å². The van der Waals surface area contributed by atoms with Crippen LogP contribution in [-0.4, -0.2) is 28.4 Å². The van der Waals surface area contributed by atoms with Gasteiger partial charge in [0.2, 0.25) is 0 Å². The van der Waals surface area contributed by atoms with Crippen molar-refractivity contribution in [1.29, 1.82) is 0 Å². The molecule has 0 spiro atoms. The molecule has 4 heteroatoms. The normalized spacial score (nSPS) is 11.6. The van der Waals surface area contributed by atoms with Crippen molar-refractivity contribution in [1.82, 2.24) is 14.3 Å². The van der Waals surface area contributed by atoms with Crippen molar-refractivity contribution in [3.05, 3.63) is 66.5 Å². The number of imidazole rings is 1. The molecule has 0 atom stereocenters. The van der Waals surface area contributed by atoms with Gasteiger partial charge in [0.15, 0.2) is 0 Å². The number of benzene rings is 2. The molecule has 0 fully saturated rings. The fourth-order valence-electron chi connectivity index (χ4n) is 3.13. The Balaban J connectivity index is 1.96. The van der Waals surface area contributed by atoms with E-state index in [1.807, 2.05) is 18.3 Å². The van der Waals surface area contributed by atoms with Gasteiger partial charge in [-0.3, -0.25) is 0 Å². The van der Waals surface area contributed by atoms with Gasteiger partial charge in [0, 0.05) is 24.0 Å². The zero-order valence-corrected chi connectivity index (χ0v) is 13.9. The summed E-state index contributed by atoms with van der Waals surface area (Å²) in [7, 11) is 4.13. The lowest BCUT2D eigenvalue weighted by Crippen LogP contribution is -2.13. The highest BCUT2D eigenvalue weighted by Crippen LogP contribution is 2.28. The van der Waals surface area contributed by atoms with Gasteiger partial charge in [-0.05, 0) is 43.1 Å². The molecule has 0 aliphatic carbocycles. The van der Waals surface area contributed by atoms with Gasteiger partial charge in [-0.15, -0.1) is 0 Å². The van der Waals surface area contributed by atoms with Crippen LogP contribution in [0.4, 0.5) is 5.69 Å². The summed E-state index contributed by atoms with van der Waals surface area (Å²) >= 11 is 0. The predicted octanol–water partition coefficient (Wildman–Crippen LogP) is 3.80. The van der Waals surface area contributed by atoms with E-state index in [1.165, 1.54) is 10.8 Å². The summed E-state index contributed by atoms with van der Waals surface area (Å²) < 4.78 is 2.10. The van der Waals surface area contributed by atoms with E-state index in [9.17, 15) is 0 Å². The lowest BCUT2D eigenvalue weighted by Gasteiger charge is -2.12. The van der Waals surface area contributed by atoms with Gasteiger partial charge >= 0.3 is 0 Å². The van der Waals surface area contributed by atoms with Crippen LogP contribution in [0.25, 0.3) is 27.7 Å². The third-order valence-corrected chi connectivity index (χ3v) is 4.23. The fourth-order valence-corrected chi connectivity index (χ4v) is 3.13. The SMILES string of the molecule is CN(C)Cc1c(-c2ccc3ccccc3c2)nc2ccc(N)cn12. The van der Waals surface area contributed by atoms with E-state index < -0.39 is 0 Å². The molecule has 4 nitrogen and oxygen atoms in total. The van der Waals surface area contributed by atoms with Gasteiger partial charge < -0.3 is 15.0 Å². The molecular weight excluding hydrogens is 296 g/mol. The predicted molar refractivity (Wildman–Crippen MR) is 99.9 cm³/mol. The van der Waals surface area contributed by atoms with Crippen molar-refractivity contribution in [2.75, 3.05) is 19.8 Å². The summed E-state index contributed by atoms with van der Waals surface area (Å²) in [6.07, 6.45) is 1.95. The number of anilines is 1. The molecule has 4 aromatic rings. The number of nitrogens with two attached hydrogens (primary N) is 1. The molecule has 0 radical (unpaired) electrons. The number of pyridine rings is 1. The van der Waals surface area contributed by atoms with Crippen LogP contribution in [0.15, 0.2) is 60.8 Å². The first-order chi connectivity index (χ1) is 11.6. The van der Waals surface area contributed by atoms with Crippen molar-refractivity contribution < 1.29 is 0 Å². The average molecular weight is 316 g/mol. The van der Waals surface area contributed by atoms with Crippen LogP contribution < -0.4 is 5.73 Å². The van der Waals surface area contributed by atoms with Crippen molar-refractivity contribution in [3.63, 3.8) is 0 Å². The first-order valence-corrected chi connectivity index (χ1v) is 8.02. The van der Waals surface area contributed by atoms with Crippen LogP contribution in [-0.2, 0) is 6.54 Å². The Morgan fingerprint density at radius 1 is 1.00 bits per heavy atom. The molecule has 0 bridgehead atoms. The lowest BCUT2D eigenvalue weighted by atomic mass is 10.0. The Morgan fingerprint density at radius 2 is 1.79 bits per heavy atom. The van der Waals surface area contributed by atoms with E-state index >= 15 is 0 Å². The summed E-state index contributed by atoms with van der Waals surface area (Å²) in [5.74, 6) is 0. The summed E-state index contributed by atoms with van der Waals surface area (Å²) in [5, 5.41) is 2.46. The molecule has 2 N–H and O–H groups in total. The summed E-state index contributed by atoms with van der Waals surface area (Å²) in [5.41, 5.74) is 10.9. The zero-order chi connectivity index (χ0) is 16.7. The number of hydrogen-bond acceptors (Lipinski definition) is 3. The topological polar surface area (TPSA) is 46.6 Å². The third kappa shape index (κ3) is 2.51. The van der Waals surface area contributed by atoms with Crippen LogP contribution >= 0.6 is 0 Å². The van der Waals surface area contributed by atoms with E-state index in [0.717, 1.165) is 34.8 Å². The molecule has 2 aromatic carbocycles. The second-order valence-corrected chi connectivity index (χ2v) is 6.40. The van der Waals surface area contributed by atoms with Gasteiger partial charge in [-0.1, -0.05) is 36.4 Å². The zero-order valence-electron chi connectivity index (χ0n) is 13.9. The Morgan fingerprint density at radius 3 is 2.58 bits per heavy atom. The second-order valence-electron chi connectivity index (χ2n) is 6.40. The Hall–Kier alpha value is -2.85. The first-order valence-electron chi connectivity index (χ1n) is 8.02. The van der Waals surface area contributed by atoms with Crippen LogP contribution in [0, 0.1) is 0 Å². The van der Waals surface area contributed by atoms with Crippen LogP contribution in [0.3, 0.4) is 0 Å². The molecule has 24 heavy (non-hydrogen) atoms. The smallest absolute Gasteiger partial charge is 0.137 e. The molecule has 2 heterocycles. The maximum atomic E-state index is 5.98. The third-order valence-electron chi connectivity index (χ3n) is 4.23. The number of hydrogen-bond donors (Lipinski definition) is 1. The quantitative estimate of drug-likeness (QED) is 0.625. The second kappa shape index (κ2) is 5.65. The first kappa shape index (κ1) is 14.7. The van der Waals surface area contributed by atoms with Gasteiger partial charge in [0.25, 0.3) is 0 Å². The minimum atomic E-state index is 0.741. The van der Waals surface area contributed by atoms with E-state index in [2.05, 4.69) is 65.9 Å².